The molecule has 6 heteroatoms. The summed E-state index contributed by atoms with van der Waals surface area (Å²) in [6.07, 6.45) is 0.579. The Morgan fingerprint density at radius 3 is 2.36 bits per heavy atom. The van der Waals surface area contributed by atoms with Crippen LogP contribution in [0, 0.1) is 0 Å². The summed E-state index contributed by atoms with van der Waals surface area (Å²) in [6, 6.07) is 8.76. The van der Waals surface area contributed by atoms with E-state index in [4.69, 9.17) is 23.2 Å². The third-order valence-electron chi connectivity index (χ3n) is 3.20. The van der Waals surface area contributed by atoms with Crippen LogP contribution in [-0.2, 0) is 0 Å². The fourth-order valence-corrected chi connectivity index (χ4v) is 2.42. The van der Waals surface area contributed by atoms with Crippen LogP contribution < -0.4 is 0 Å². The van der Waals surface area contributed by atoms with Crippen LogP contribution in [0.2, 0.25) is 10.0 Å². The number of phenols is 2. The Bertz CT molecular complexity index is 687. The molecule has 0 aliphatic rings. The summed E-state index contributed by atoms with van der Waals surface area (Å²) in [4.78, 5) is 4.22. The number of hydrogen-bond acceptors (Lipinski definition) is 4. The topological polar surface area (TPSA) is 73.1 Å². The molecule has 0 aromatic heterocycles. The lowest BCUT2D eigenvalue weighted by atomic mass is 10.0. The predicted molar refractivity (Wildman–Crippen MR) is 88.2 cm³/mol. The number of hydrogen-bond donors (Lipinski definition) is 3. The van der Waals surface area contributed by atoms with Crippen LogP contribution in [0.4, 0.5) is 0 Å². The zero-order valence-electron chi connectivity index (χ0n) is 11.7. The lowest BCUT2D eigenvalue weighted by molar-refractivity contribution is 0.154. The summed E-state index contributed by atoms with van der Waals surface area (Å²) in [7, 11) is 0. The van der Waals surface area contributed by atoms with E-state index in [0.717, 1.165) is 0 Å². The van der Waals surface area contributed by atoms with Crippen molar-refractivity contribution >= 4 is 29.4 Å². The number of aliphatic hydroxyl groups excluding tert-OH is 1. The van der Waals surface area contributed by atoms with Crippen molar-refractivity contribution in [1.29, 1.82) is 0 Å². The van der Waals surface area contributed by atoms with E-state index in [1.807, 2.05) is 0 Å². The maximum absolute atomic E-state index is 10.2. The van der Waals surface area contributed by atoms with Crippen molar-refractivity contribution in [3.05, 3.63) is 57.6 Å². The maximum atomic E-state index is 10.2. The lowest BCUT2D eigenvalue weighted by Crippen LogP contribution is -2.12. The number of halogens is 2. The lowest BCUT2D eigenvalue weighted by Gasteiger charge is -2.15. The fourth-order valence-electron chi connectivity index (χ4n) is 1.91. The van der Waals surface area contributed by atoms with E-state index in [9.17, 15) is 15.3 Å². The largest absolute Gasteiger partial charge is 0.508 e. The average molecular weight is 340 g/mol. The molecule has 0 bridgehead atoms. The normalized spacial score (nSPS) is 14.2. The highest BCUT2D eigenvalue weighted by Gasteiger charge is 2.15. The first kappa shape index (κ1) is 16.6. The van der Waals surface area contributed by atoms with Crippen molar-refractivity contribution in [3.8, 4) is 11.5 Å². The number of benzene rings is 2. The van der Waals surface area contributed by atoms with E-state index in [2.05, 4.69) is 4.99 Å². The van der Waals surface area contributed by atoms with Crippen molar-refractivity contribution < 1.29 is 15.3 Å². The van der Waals surface area contributed by atoms with Crippen LogP contribution in [0.5, 0.6) is 11.5 Å². The minimum Gasteiger partial charge on any atom is -0.508 e. The van der Waals surface area contributed by atoms with Gasteiger partial charge in [-0.3, -0.25) is 4.99 Å². The van der Waals surface area contributed by atoms with Gasteiger partial charge in [-0.2, -0.15) is 0 Å². The first-order valence-corrected chi connectivity index (χ1v) is 7.32. The van der Waals surface area contributed by atoms with Crippen LogP contribution >= 0.6 is 23.2 Å². The number of phenolic OH excluding ortho intramolecular Hbond substituents is 2. The zero-order valence-corrected chi connectivity index (χ0v) is 13.3. The number of aliphatic hydroxyl groups is 1. The van der Waals surface area contributed by atoms with Crippen LogP contribution in [-0.4, -0.2) is 27.6 Å². The van der Waals surface area contributed by atoms with Crippen LogP contribution in [0.1, 0.15) is 24.2 Å². The second-order valence-electron chi connectivity index (χ2n) is 4.88. The van der Waals surface area contributed by atoms with Crippen molar-refractivity contribution in [2.24, 2.45) is 4.99 Å². The van der Waals surface area contributed by atoms with Gasteiger partial charge in [0.25, 0.3) is 0 Å². The highest BCUT2D eigenvalue weighted by Crippen LogP contribution is 2.30. The number of rotatable bonds is 4. The second kappa shape index (κ2) is 7.01. The minimum atomic E-state index is -0.839. The molecule has 22 heavy (non-hydrogen) atoms. The molecule has 0 aliphatic heterocycles. The average Bonchev–Trinajstić information content (AvgIpc) is 2.49. The van der Waals surface area contributed by atoms with Gasteiger partial charge in [0.1, 0.15) is 17.6 Å². The van der Waals surface area contributed by atoms with Crippen LogP contribution in [0.25, 0.3) is 0 Å². The van der Waals surface area contributed by atoms with Crippen molar-refractivity contribution in [2.45, 2.75) is 19.1 Å². The molecule has 0 radical (unpaired) electrons. The molecule has 0 fully saturated rings. The predicted octanol–water partition coefficient (Wildman–Crippen LogP) is 3.95. The molecule has 2 rings (SSSR count). The zero-order chi connectivity index (χ0) is 16.3. The molecule has 2 aromatic rings. The van der Waals surface area contributed by atoms with Gasteiger partial charge in [0.2, 0.25) is 0 Å². The standard InChI is InChI=1S/C16H15Cl2NO3/c1-9(15(21)10-2-4-13(20)5-3-10)19-8-11-6-12(17)7-14(18)16(11)22/h2-9,15,20-22H,1H3/t9-,15+/m1/s1. The highest BCUT2D eigenvalue weighted by molar-refractivity contribution is 6.36. The van der Waals surface area contributed by atoms with Gasteiger partial charge in [-0.05, 0) is 36.8 Å². The summed E-state index contributed by atoms with van der Waals surface area (Å²) in [5.74, 6) is 0.0201. The smallest absolute Gasteiger partial charge is 0.143 e. The molecule has 2 atom stereocenters. The molecule has 0 saturated carbocycles. The summed E-state index contributed by atoms with van der Waals surface area (Å²) in [5.41, 5.74) is 1.01. The summed E-state index contributed by atoms with van der Waals surface area (Å²) < 4.78 is 0. The Morgan fingerprint density at radius 2 is 1.73 bits per heavy atom. The molecular weight excluding hydrogens is 325 g/mol. The quantitative estimate of drug-likeness (QED) is 0.738. The van der Waals surface area contributed by atoms with Crippen molar-refractivity contribution in [1.82, 2.24) is 0 Å². The van der Waals surface area contributed by atoms with Gasteiger partial charge in [0.05, 0.1) is 11.1 Å². The fraction of sp³-hybridized carbons (Fsp3) is 0.188. The van der Waals surface area contributed by atoms with E-state index in [-0.39, 0.29) is 16.5 Å². The third kappa shape index (κ3) is 3.91. The van der Waals surface area contributed by atoms with Gasteiger partial charge in [0.15, 0.2) is 0 Å². The molecule has 0 saturated heterocycles. The Balaban J connectivity index is 2.17. The Hall–Kier alpha value is -1.75. The van der Waals surface area contributed by atoms with Gasteiger partial charge in [-0.1, -0.05) is 35.3 Å². The monoisotopic (exact) mass is 339 g/mol. The number of aromatic hydroxyl groups is 2. The van der Waals surface area contributed by atoms with Crippen LogP contribution in [0.3, 0.4) is 0 Å². The molecule has 0 unspecified atom stereocenters. The molecule has 2 aromatic carbocycles. The number of nitrogens with zero attached hydrogens (tertiary/aromatic N) is 1. The molecule has 0 spiro atoms. The SMILES string of the molecule is C[C@@H](N=Cc1cc(Cl)cc(Cl)c1O)[C@H](O)c1ccc(O)cc1. The minimum absolute atomic E-state index is 0.110. The summed E-state index contributed by atoms with van der Waals surface area (Å²) in [6.45, 7) is 1.73. The van der Waals surface area contributed by atoms with E-state index in [0.29, 0.717) is 16.1 Å². The third-order valence-corrected chi connectivity index (χ3v) is 3.70. The van der Waals surface area contributed by atoms with Gasteiger partial charge in [-0.25, -0.2) is 0 Å². The highest BCUT2D eigenvalue weighted by atomic mass is 35.5. The van der Waals surface area contributed by atoms with E-state index >= 15 is 0 Å². The van der Waals surface area contributed by atoms with E-state index in [1.54, 1.807) is 19.1 Å². The van der Waals surface area contributed by atoms with E-state index in [1.165, 1.54) is 30.5 Å². The van der Waals surface area contributed by atoms with Crippen LogP contribution in [0.15, 0.2) is 41.4 Å². The molecule has 4 nitrogen and oxygen atoms in total. The Morgan fingerprint density at radius 1 is 1.09 bits per heavy atom. The van der Waals surface area contributed by atoms with Gasteiger partial charge < -0.3 is 15.3 Å². The summed E-state index contributed by atoms with van der Waals surface area (Å²) in [5, 5.41) is 29.8. The van der Waals surface area contributed by atoms with Gasteiger partial charge >= 0.3 is 0 Å². The Labute approximate surface area is 138 Å². The van der Waals surface area contributed by atoms with E-state index < -0.39 is 12.1 Å². The Kier molecular flexibility index (Phi) is 5.29. The van der Waals surface area contributed by atoms with Crippen molar-refractivity contribution in [3.63, 3.8) is 0 Å². The molecule has 3 N–H and O–H groups in total. The molecular formula is C16H15Cl2NO3. The summed E-state index contributed by atoms with van der Waals surface area (Å²) >= 11 is 11.7. The first-order valence-electron chi connectivity index (χ1n) is 6.56. The molecule has 116 valence electrons. The second-order valence-corrected chi connectivity index (χ2v) is 5.72. The first-order chi connectivity index (χ1) is 10.4. The van der Waals surface area contributed by atoms with Gasteiger partial charge in [0, 0.05) is 16.8 Å². The van der Waals surface area contributed by atoms with Gasteiger partial charge in [-0.15, -0.1) is 0 Å². The van der Waals surface area contributed by atoms with Crippen molar-refractivity contribution in [2.75, 3.05) is 0 Å². The molecule has 0 aliphatic carbocycles. The maximum Gasteiger partial charge on any atom is 0.143 e. The molecule has 0 heterocycles. The molecule has 0 amide bonds. The number of aliphatic imine (C=N–C) groups is 1.